The Morgan fingerprint density at radius 1 is 0.822 bits per heavy atom. The summed E-state index contributed by atoms with van der Waals surface area (Å²) in [5.74, 6) is -0.321. The van der Waals surface area contributed by atoms with E-state index in [1.807, 2.05) is 80.6 Å². The van der Waals surface area contributed by atoms with Gasteiger partial charge in [-0.25, -0.2) is 8.42 Å². The molecule has 1 atom stereocenters. The van der Waals surface area contributed by atoms with Crippen LogP contribution >= 0.6 is 11.6 Å². The minimum Gasteiger partial charge on any atom is -0.489 e. The monoisotopic (exact) mass is 647 g/mol. The fourth-order valence-corrected chi connectivity index (χ4v) is 5.89. The van der Waals surface area contributed by atoms with Gasteiger partial charge in [0.1, 0.15) is 24.9 Å². The minimum atomic E-state index is -3.89. The van der Waals surface area contributed by atoms with Crippen molar-refractivity contribution in [2.75, 3.05) is 17.1 Å². The van der Waals surface area contributed by atoms with Crippen LogP contribution in [0.2, 0.25) is 5.02 Å². The van der Waals surface area contributed by atoms with Crippen molar-refractivity contribution in [2.24, 2.45) is 0 Å². The molecule has 236 valence electrons. The lowest BCUT2D eigenvalue weighted by Crippen LogP contribution is -2.54. The quantitative estimate of drug-likeness (QED) is 0.185. The second-order valence-electron chi connectivity index (χ2n) is 11.1. The zero-order chi connectivity index (χ0) is 32.4. The van der Waals surface area contributed by atoms with Gasteiger partial charge in [0, 0.05) is 24.0 Å². The fourth-order valence-electron chi connectivity index (χ4n) is 4.83. The number of sulfonamides is 1. The Morgan fingerprint density at radius 2 is 1.42 bits per heavy atom. The molecule has 0 fully saturated rings. The lowest BCUT2D eigenvalue weighted by atomic mass is 10.0. The second kappa shape index (κ2) is 15.6. The summed E-state index contributed by atoms with van der Waals surface area (Å²) < 4.78 is 33.0. The molecule has 1 N–H and O–H groups in total. The average molecular weight is 648 g/mol. The van der Waals surface area contributed by atoms with Crippen LogP contribution in [-0.2, 0) is 39.2 Å². The molecule has 0 aliphatic rings. The number of hydrogen-bond acceptors (Lipinski definition) is 5. The third-order valence-corrected chi connectivity index (χ3v) is 8.37. The summed E-state index contributed by atoms with van der Waals surface area (Å²) in [6.45, 7) is 3.59. The number of amides is 2. The summed E-state index contributed by atoms with van der Waals surface area (Å²) in [6.07, 6.45) is 1.28. The van der Waals surface area contributed by atoms with E-state index in [9.17, 15) is 18.0 Å². The zero-order valence-corrected chi connectivity index (χ0v) is 27.2. The molecule has 0 unspecified atom stereocenters. The first-order valence-electron chi connectivity index (χ1n) is 14.6. The first-order valence-corrected chi connectivity index (χ1v) is 16.8. The summed E-state index contributed by atoms with van der Waals surface area (Å²) in [5.41, 5.74) is 2.86. The van der Waals surface area contributed by atoms with Gasteiger partial charge in [0.05, 0.1) is 11.9 Å². The molecule has 0 radical (unpaired) electrons. The topological polar surface area (TPSA) is 96.0 Å². The van der Waals surface area contributed by atoms with E-state index in [0.29, 0.717) is 28.6 Å². The van der Waals surface area contributed by atoms with E-state index >= 15 is 0 Å². The van der Waals surface area contributed by atoms with E-state index in [0.717, 1.165) is 21.7 Å². The van der Waals surface area contributed by atoms with Crippen LogP contribution in [0.3, 0.4) is 0 Å². The van der Waals surface area contributed by atoms with Crippen LogP contribution in [0.1, 0.15) is 30.5 Å². The Hall–Kier alpha value is -4.34. The molecule has 0 bridgehead atoms. The molecule has 10 heteroatoms. The van der Waals surface area contributed by atoms with E-state index in [2.05, 4.69) is 5.32 Å². The van der Waals surface area contributed by atoms with Gasteiger partial charge in [-0.15, -0.1) is 0 Å². The van der Waals surface area contributed by atoms with Gasteiger partial charge >= 0.3 is 0 Å². The normalized spacial score (nSPS) is 11.9. The number of carbonyl (C=O) groups excluding carboxylic acids is 2. The van der Waals surface area contributed by atoms with E-state index in [1.54, 1.807) is 42.5 Å². The average Bonchev–Trinajstić information content (AvgIpc) is 3.01. The van der Waals surface area contributed by atoms with Crippen molar-refractivity contribution >= 4 is 39.1 Å². The molecule has 2 amide bonds. The summed E-state index contributed by atoms with van der Waals surface area (Å²) in [6, 6.07) is 31.6. The number of halogens is 1. The predicted octanol–water partition coefficient (Wildman–Crippen LogP) is 5.85. The SMILES string of the molecule is CC(C)NC(=O)[C@H](Cc1ccccc1)N(Cc1cccc(Cl)c1)C(=O)CN(c1ccc(OCc2ccccc2)cc1)S(C)(=O)=O. The highest BCUT2D eigenvalue weighted by Gasteiger charge is 2.33. The molecule has 0 saturated carbocycles. The van der Waals surface area contributed by atoms with Gasteiger partial charge in [0.15, 0.2) is 0 Å². The highest BCUT2D eigenvalue weighted by Crippen LogP contribution is 2.24. The Morgan fingerprint density at radius 3 is 2.00 bits per heavy atom. The standard InChI is InChI=1S/C35H38ClN3O5S/c1-26(2)37-35(41)33(22-27-11-6-4-7-12-27)38(23-29-15-10-16-30(36)21-29)34(40)24-39(45(3,42)43)31-17-19-32(20-18-31)44-25-28-13-8-5-9-14-28/h4-21,26,33H,22-25H2,1-3H3,(H,37,41)/t33-/m0/s1. The van der Waals surface area contributed by atoms with Gasteiger partial charge in [0.25, 0.3) is 0 Å². The van der Waals surface area contributed by atoms with Crippen molar-refractivity contribution < 1.29 is 22.7 Å². The highest BCUT2D eigenvalue weighted by molar-refractivity contribution is 7.92. The lowest BCUT2D eigenvalue weighted by molar-refractivity contribution is -0.140. The van der Waals surface area contributed by atoms with E-state index in [4.69, 9.17) is 16.3 Å². The lowest BCUT2D eigenvalue weighted by Gasteiger charge is -2.34. The number of ether oxygens (including phenoxy) is 1. The van der Waals surface area contributed by atoms with Crippen molar-refractivity contribution in [1.29, 1.82) is 0 Å². The van der Waals surface area contributed by atoms with Crippen LogP contribution in [0.5, 0.6) is 5.75 Å². The molecule has 0 aromatic heterocycles. The number of carbonyl (C=O) groups is 2. The van der Waals surface area contributed by atoms with Gasteiger partial charge in [-0.3, -0.25) is 13.9 Å². The number of nitrogens with zero attached hydrogens (tertiary/aromatic N) is 2. The maximum Gasteiger partial charge on any atom is 0.244 e. The summed E-state index contributed by atoms with van der Waals surface area (Å²) >= 11 is 6.26. The smallest absolute Gasteiger partial charge is 0.244 e. The minimum absolute atomic E-state index is 0.0479. The molecular weight excluding hydrogens is 610 g/mol. The first kappa shape index (κ1) is 33.6. The maximum absolute atomic E-state index is 14.2. The van der Waals surface area contributed by atoms with Crippen LogP contribution in [-0.4, -0.2) is 50.0 Å². The van der Waals surface area contributed by atoms with Gasteiger partial charge in [-0.05, 0) is 66.9 Å². The Labute approximate surface area is 270 Å². The number of anilines is 1. The molecule has 4 aromatic rings. The second-order valence-corrected chi connectivity index (χ2v) is 13.4. The molecular formula is C35H38ClN3O5S. The number of benzene rings is 4. The summed E-state index contributed by atoms with van der Waals surface area (Å²) in [7, 11) is -3.89. The van der Waals surface area contributed by atoms with Crippen molar-refractivity contribution in [3.05, 3.63) is 131 Å². The predicted molar refractivity (Wildman–Crippen MR) is 179 cm³/mol. The van der Waals surface area contributed by atoms with Crippen molar-refractivity contribution in [2.45, 2.75) is 45.5 Å². The van der Waals surface area contributed by atoms with Gasteiger partial charge in [0.2, 0.25) is 21.8 Å². The molecule has 0 spiro atoms. The molecule has 4 aromatic carbocycles. The molecule has 0 saturated heterocycles. The number of rotatable bonds is 14. The largest absolute Gasteiger partial charge is 0.489 e. The number of nitrogens with one attached hydrogen (secondary N) is 1. The first-order chi connectivity index (χ1) is 21.5. The Balaban J connectivity index is 1.64. The molecule has 0 aliphatic carbocycles. The van der Waals surface area contributed by atoms with Gasteiger partial charge in [-0.2, -0.15) is 0 Å². The van der Waals surface area contributed by atoms with Crippen molar-refractivity contribution in [3.8, 4) is 5.75 Å². The van der Waals surface area contributed by atoms with Crippen LogP contribution in [0.25, 0.3) is 0 Å². The Kier molecular flexibility index (Phi) is 11.6. The molecule has 8 nitrogen and oxygen atoms in total. The third kappa shape index (κ3) is 10.1. The Bertz CT molecular complexity index is 1670. The summed E-state index contributed by atoms with van der Waals surface area (Å²) in [4.78, 5) is 29.3. The van der Waals surface area contributed by atoms with Crippen LogP contribution in [0, 0.1) is 0 Å². The van der Waals surface area contributed by atoms with Crippen molar-refractivity contribution in [1.82, 2.24) is 10.2 Å². The fraction of sp³-hybridized carbons (Fsp3) is 0.257. The van der Waals surface area contributed by atoms with E-state index in [-0.39, 0.29) is 24.9 Å². The van der Waals surface area contributed by atoms with Crippen LogP contribution < -0.4 is 14.4 Å². The zero-order valence-electron chi connectivity index (χ0n) is 25.6. The van der Waals surface area contributed by atoms with E-state index in [1.165, 1.54) is 4.90 Å². The molecule has 0 heterocycles. The van der Waals surface area contributed by atoms with Gasteiger partial charge < -0.3 is 15.0 Å². The molecule has 4 rings (SSSR count). The van der Waals surface area contributed by atoms with Crippen LogP contribution in [0.15, 0.2) is 109 Å². The third-order valence-electron chi connectivity index (χ3n) is 7.00. The maximum atomic E-state index is 14.2. The van der Waals surface area contributed by atoms with Crippen molar-refractivity contribution in [3.63, 3.8) is 0 Å². The van der Waals surface area contributed by atoms with E-state index < -0.39 is 28.5 Å². The molecule has 0 aliphatic heterocycles. The highest BCUT2D eigenvalue weighted by atomic mass is 35.5. The van der Waals surface area contributed by atoms with Crippen LogP contribution in [0.4, 0.5) is 5.69 Å². The number of hydrogen-bond donors (Lipinski definition) is 1. The summed E-state index contributed by atoms with van der Waals surface area (Å²) in [5, 5.41) is 3.42. The molecule has 45 heavy (non-hydrogen) atoms. The van der Waals surface area contributed by atoms with Gasteiger partial charge in [-0.1, -0.05) is 84.4 Å².